The minimum Gasteiger partial charge on any atom is -0.376 e. The van der Waals surface area contributed by atoms with Crippen molar-refractivity contribution < 1.29 is 9.53 Å². The molecule has 100 valence electrons. The van der Waals surface area contributed by atoms with Crippen LogP contribution in [0.4, 0.5) is 0 Å². The van der Waals surface area contributed by atoms with Gasteiger partial charge in [-0.3, -0.25) is 4.79 Å². The van der Waals surface area contributed by atoms with Crippen molar-refractivity contribution in [1.29, 1.82) is 5.26 Å². The molecule has 0 saturated carbocycles. The highest BCUT2D eigenvalue weighted by Crippen LogP contribution is 2.22. The lowest BCUT2D eigenvalue weighted by Gasteiger charge is -2.09. The average molecular weight is 341 g/mol. The lowest BCUT2D eigenvalue weighted by Crippen LogP contribution is -2.32. The molecular weight excluding hydrogens is 328 g/mol. The van der Waals surface area contributed by atoms with Gasteiger partial charge in [0.05, 0.1) is 6.10 Å². The number of carbonyl (C=O) groups is 1. The molecule has 1 aromatic heterocycles. The SMILES string of the molecule is N#C/C(=C/c1cc(Br)cs1)C(=O)NC[C@H]1CCCO1. The van der Waals surface area contributed by atoms with E-state index in [2.05, 4.69) is 21.2 Å². The third-order valence-corrected chi connectivity index (χ3v) is 4.39. The van der Waals surface area contributed by atoms with Crippen LogP contribution in [0.2, 0.25) is 0 Å². The molecule has 1 aliphatic rings. The van der Waals surface area contributed by atoms with Crippen LogP contribution >= 0.6 is 27.3 Å². The third kappa shape index (κ3) is 4.16. The van der Waals surface area contributed by atoms with E-state index in [1.165, 1.54) is 11.3 Å². The summed E-state index contributed by atoms with van der Waals surface area (Å²) in [5, 5.41) is 13.7. The Morgan fingerprint density at radius 1 is 1.74 bits per heavy atom. The second-order valence-corrected chi connectivity index (χ2v) is 6.04. The number of hydrogen-bond donors (Lipinski definition) is 1. The third-order valence-electron chi connectivity index (χ3n) is 2.75. The molecule has 1 atom stereocenters. The van der Waals surface area contributed by atoms with Crippen LogP contribution in [0.1, 0.15) is 17.7 Å². The Hall–Kier alpha value is -1.16. The van der Waals surface area contributed by atoms with Crippen molar-refractivity contribution in [3.05, 3.63) is 26.4 Å². The van der Waals surface area contributed by atoms with Gasteiger partial charge in [0, 0.05) is 27.9 Å². The predicted octanol–water partition coefficient (Wildman–Crippen LogP) is 2.71. The summed E-state index contributed by atoms with van der Waals surface area (Å²) in [6, 6.07) is 3.80. The second-order valence-electron chi connectivity index (χ2n) is 4.18. The standard InChI is InChI=1S/C13H13BrN2O2S/c14-10-5-12(19-8-10)4-9(6-15)13(17)16-7-11-2-1-3-18-11/h4-5,8,11H,1-3,7H2,(H,16,17)/b9-4-/t11-/m1/s1. The smallest absolute Gasteiger partial charge is 0.262 e. The van der Waals surface area contributed by atoms with Crippen molar-refractivity contribution in [2.24, 2.45) is 0 Å². The molecule has 0 radical (unpaired) electrons. The maximum Gasteiger partial charge on any atom is 0.262 e. The molecular formula is C13H13BrN2O2S. The van der Waals surface area contributed by atoms with Crippen molar-refractivity contribution in [2.75, 3.05) is 13.2 Å². The van der Waals surface area contributed by atoms with E-state index in [9.17, 15) is 4.79 Å². The molecule has 0 spiro atoms. The first kappa shape index (κ1) is 14.3. The molecule has 2 heterocycles. The van der Waals surface area contributed by atoms with Crippen LogP contribution in [0.3, 0.4) is 0 Å². The number of thiophene rings is 1. The van der Waals surface area contributed by atoms with Gasteiger partial charge in [-0.25, -0.2) is 0 Å². The van der Waals surface area contributed by atoms with Gasteiger partial charge in [0.15, 0.2) is 0 Å². The van der Waals surface area contributed by atoms with E-state index in [4.69, 9.17) is 10.00 Å². The Balaban J connectivity index is 1.95. The Labute approximate surface area is 124 Å². The lowest BCUT2D eigenvalue weighted by atomic mass is 10.2. The normalized spacial score (nSPS) is 19.2. The van der Waals surface area contributed by atoms with Crippen molar-refractivity contribution >= 4 is 39.2 Å². The van der Waals surface area contributed by atoms with E-state index >= 15 is 0 Å². The van der Waals surface area contributed by atoms with Crippen LogP contribution in [0.25, 0.3) is 6.08 Å². The quantitative estimate of drug-likeness (QED) is 0.677. The molecule has 6 heteroatoms. The van der Waals surface area contributed by atoms with Crippen LogP contribution in [0.5, 0.6) is 0 Å². The highest BCUT2D eigenvalue weighted by atomic mass is 79.9. The van der Waals surface area contributed by atoms with Gasteiger partial charge in [0.1, 0.15) is 11.6 Å². The zero-order valence-electron chi connectivity index (χ0n) is 10.2. The maximum atomic E-state index is 11.9. The molecule has 4 nitrogen and oxygen atoms in total. The van der Waals surface area contributed by atoms with Gasteiger partial charge >= 0.3 is 0 Å². The van der Waals surface area contributed by atoms with Gasteiger partial charge < -0.3 is 10.1 Å². The number of nitrogens with one attached hydrogen (secondary N) is 1. The fraction of sp³-hybridized carbons (Fsp3) is 0.385. The minimum absolute atomic E-state index is 0.0831. The van der Waals surface area contributed by atoms with E-state index in [0.29, 0.717) is 6.54 Å². The number of hydrogen-bond acceptors (Lipinski definition) is 4. The molecule has 0 aromatic carbocycles. The van der Waals surface area contributed by atoms with Gasteiger partial charge in [0.25, 0.3) is 5.91 Å². The van der Waals surface area contributed by atoms with Crippen molar-refractivity contribution in [2.45, 2.75) is 18.9 Å². The molecule has 1 amide bonds. The summed E-state index contributed by atoms with van der Waals surface area (Å²) in [4.78, 5) is 12.7. The first-order chi connectivity index (χ1) is 9.19. The fourth-order valence-corrected chi connectivity index (χ4v) is 3.18. The van der Waals surface area contributed by atoms with Crippen LogP contribution < -0.4 is 5.32 Å². The van der Waals surface area contributed by atoms with E-state index in [0.717, 1.165) is 28.8 Å². The van der Waals surface area contributed by atoms with Crippen molar-refractivity contribution in [3.8, 4) is 6.07 Å². The molecule has 2 rings (SSSR count). The highest BCUT2D eigenvalue weighted by molar-refractivity contribution is 9.10. The average Bonchev–Trinajstić information content (AvgIpc) is 3.04. The maximum absolute atomic E-state index is 11.9. The van der Waals surface area contributed by atoms with Gasteiger partial charge in [-0.1, -0.05) is 0 Å². The topological polar surface area (TPSA) is 62.1 Å². The first-order valence-electron chi connectivity index (χ1n) is 5.94. The number of halogens is 1. The number of ether oxygens (including phenoxy) is 1. The molecule has 1 aliphatic heterocycles. The summed E-state index contributed by atoms with van der Waals surface area (Å²) in [6.45, 7) is 1.22. The Morgan fingerprint density at radius 3 is 3.16 bits per heavy atom. The molecule has 1 saturated heterocycles. The molecule has 0 unspecified atom stereocenters. The summed E-state index contributed by atoms with van der Waals surface area (Å²) in [7, 11) is 0. The number of amides is 1. The largest absolute Gasteiger partial charge is 0.376 e. The Kier molecular flexibility index (Phi) is 5.14. The van der Waals surface area contributed by atoms with E-state index in [1.54, 1.807) is 6.08 Å². The summed E-state index contributed by atoms with van der Waals surface area (Å²) in [6.07, 6.45) is 3.68. The summed E-state index contributed by atoms with van der Waals surface area (Å²) < 4.78 is 6.36. The molecule has 0 aliphatic carbocycles. The Morgan fingerprint density at radius 2 is 2.58 bits per heavy atom. The van der Waals surface area contributed by atoms with Gasteiger partial charge in [-0.15, -0.1) is 11.3 Å². The molecule has 1 fully saturated rings. The second kappa shape index (κ2) is 6.85. The van der Waals surface area contributed by atoms with E-state index < -0.39 is 0 Å². The highest BCUT2D eigenvalue weighted by Gasteiger charge is 2.17. The minimum atomic E-state index is -0.345. The monoisotopic (exact) mass is 340 g/mol. The fourth-order valence-electron chi connectivity index (χ4n) is 1.80. The first-order valence-corrected chi connectivity index (χ1v) is 7.62. The van der Waals surface area contributed by atoms with Crippen molar-refractivity contribution in [1.82, 2.24) is 5.32 Å². The number of rotatable bonds is 4. The predicted molar refractivity (Wildman–Crippen MR) is 77.6 cm³/mol. The lowest BCUT2D eigenvalue weighted by molar-refractivity contribution is -0.117. The van der Waals surface area contributed by atoms with Crippen molar-refractivity contribution in [3.63, 3.8) is 0 Å². The number of nitrogens with zero attached hydrogens (tertiary/aromatic N) is 1. The van der Waals surface area contributed by atoms with E-state index in [-0.39, 0.29) is 17.6 Å². The van der Waals surface area contributed by atoms with Crippen LogP contribution in [0, 0.1) is 11.3 Å². The molecule has 1 aromatic rings. The summed E-state index contributed by atoms with van der Waals surface area (Å²) in [5.41, 5.74) is 0.118. The molecule has 0 bridgehead atoms. The molecule has 1 N–H and O–H groups in total. The zero-order valence-corrected chi connectivity index (χ0v) is 12.6. The zero-order chi connectivity index (χ0) is 13.7. The number of nitriles is 1. The van der Waals surface area contributed by atoms with E-state index in [1.807, 2.05) is 17.5 Å². The van der Waals surface area contributed by atoms with Gasteiger partial charge in [-0.2, -0.15) is 5.26 Å². The molecule has 19 heavy (non-hydrogen) atoms. The van der Waals surface area contributed by atoms with Gasteiger partial charge in [-0.05, 0) is 40.9 Å². The van der Waals surface area contributed by atoms with Gasteiger partial charge in [0.2, 0.25) is 0 Å². The number of carbonyl (C=O) groups excluding carboxylic acids is 1. The van der Waals surface area contributed by atoms with Crippen LogP contribution in [0.15, 0.2) is 21.5 Å². The Bertz CT molecular complexity index is 527. The summed E-state index contributed by atoms with van der Waals surface area (Å²) in [5.74, 6) is -0.345. The van der Waals surface area contributed by atoms with Crippen LogP contribution in [-0.4, -0.2) is 25.2 Å². The van der Waals surface area contributed by atoms with Crippen LogP contribution in [-0.2, 0) is 9.53 Å². The summed E-state index contributed by atoms with van der Waals surface area (Å²) >= 11 is 4.81.